The third-order valence-corrected chi connectivity index (χ3v) is 2.15. The van der Waals surface area contributed by atoms with Crippen molar-refractivity contribution < 1.29 is 5.11 Å². The van der Waals surface area contributed by atoms with Crippen LogP contribution < -0.4 is 5.84 Å². The predicted molar refractivity (Wildman–Crippen MR) is 68.7 cm³/mol. The Bertz CT molecular complexity index is 492. The lowest BCUT2D eigenvalue weighted by molar-refractivity contribution is 0.475. The molecule has 2 aromatic carbocycles. The second kappa shape index (κ2) is 5.75. The number of fused-ring (bicyclic) bond motifs is 1. The average molecular weight is 216 g/mol. The Labute approximate surface area is 95.2 Å². The summed E-state index contributed by atoms with van der Waals surface area (Å²) in [6.07, 6.45) is 1.46. The van der Waals surface area contributed by atoms with Crippen molar-refractivity contribution >= 4 is 17.0 Å². The molecule has 0 amide bonds. The van der Waals surface area contributed by atoms with Gasteiger partial charge in [-0.2, -0.15) is 5.10 Å². The third kappa shape index (κ3) is 2.31. The minimum atomic E-state index is 0.193. The number of hydrogen-bond donors (Lipinski definition) is 2. The van der Waals surface area contributed by atoms with Crippen molar-refractivity contribution in [3.63, 3.8) is 0 Å². The molecule has 84 valence electrons. The van der Waals surface area contributed by atoms with Gasteiger partial charge in [0.05, 0.1) is 6.21 Å². The second-order valence-corrected chi connectivity index (χ2v) is 3.00. The van der Waals surface area contributed by atoms with E-state index < -0.39 is 0 Å². The molecule has 0 aliphatic carbocycles. The molecule has 0 heterocycles. The number of hydrogen-bond acceptors (Lipinski definition) is 3. The van der Waals surface area contributed by atoms with E-state index in [1.165, 1.54) is 6.21 Å². The van der Waals surface area contributed by atoms with Gasteiger partial charge in [0, 0.05) is 5.56 Å². The molecule has 0 aromatic heterocycles. The maximum absolute atomic E-state index is 9.59. The topological polar surface area (TPSA) is 58.6 Å². The maximum Gasteiger partial charge on any atom is 0.125 e. The van der Waals surface area contributed by atoms with Gasteiger partial charge in [0.15, 0.2) is 0 Å². The van der Waals surface area contributed by atoms with Crippen LogP contribution in [0.4, 0.5) is 0 Å². The summed E-state index contributed by atoms with van der Waals surface area (Å²) in [5.74, 6) is 5.27. The number of aromatic hydroxyl groups is 1. The molecule has 0 radical (unpaired) electrons. The van der Waals surface area contributed by atoms with E-state index in [0.717, 1.165) is 10.8 Å². The summed E-state index contributed by atoms with van der Waals surface area (Å²) in [6.45, 7) is 4.00. The highest BCUT2D eigenvalue weighted by Gasteiger charge is 2.03. The molecule has 0 fully saturated rings. The van der Waals surface area contributed by atoms with E-state index in [0.29, 0.717) is 5.56 Å². The Kier molecular flexibility index (Phi) is 4.33. The van der Waals surface area contributed by atoms with Crippen LogP contribution in [0, 0.1) is 0 Å². The number of benzene rings is 2. The van der Waals surface area contributed by atoms with Gasteiger partial charge in [-0.15, -0.1) is 0 Å². The molecule has 0 bridgehead atoms. The van der Waals surface area contributed by atoms with Crippen molar-refractivity contribution in [2.75, 3.05) is 0 Å². The minimum absolute atomic E-state index is 0.193. The molecule has 16 heavy (non-hydrogen) atoms. The zero-order valence-electron chi connectivity index (χ0n) is 9.51. The summed E-state index contributed by atoms with van der Waals surface area (Å²) in [6, 6.07) is 11.3. The first-order valence-electron chi connectivity index (χ1n) is 5.27. The van der Waals surface area contributed by atoms with Gasteiger partial charge in [-0.05, 0) is 16.8 Å². The molecule has 0 spiro atoms. The van der Waals surface area contributed by atoms with Gasteiger partial charge in [-0.1, -0.05) is 44.2 Å². The van der Waals surface area contributed by atoms with Gasteiger partial charge in [-0.3, -0.25) is 0 Å². The maximum atomic E-state index is 9.59. The van der Waals surface area contributed by atoms with E-state index in [1.807, 2.05) is 44.2 Å². The fourth-order valence-corrected chi connectivity index (χ4v) is 1.49. The first-order chi connectivity index (χ1) is 7.83. The summed E-state index contributed by atoms with van der Waals surface area (Å²) in [7, 11) is 0. The smallest absolute Gasteiger partial charge is 0.125 e. The quantitative estimate of drug-likeness (QED) is 0.437. The van der Waals surface area contributed by atoms with Gasteiger partial charge >= 0.3 is 0 Å². The summed E-state index contributed by atoms with van der Waals surface area (Å²) < 4.78 is 0. The highest BCUT2D eigenvalue weighted by Crippen LogP contribution is 2.25. The zero-order valence-corrected chi connectivity index (χ0v) is 9.51. The monoisotopic (exact) mass is 216 g/mol. The van der Waals surface area contributed by atoms with E-state index in [-0.39, 0.29) is 5.75 Å². The number of nitrogens with two attached hydrogens (primary N) is 1. The molecular formula is C13H16N2O. The number of nitrogens with zero attached hydrogens (tertiary/aromatic N) is 1. The van der Waals surface area contributed by atoms with Gasteiger partial charge in [-0.25, -0.2) is 0 Å². The molecule has 3 nitrogen and oxygen atoms in total. The lowest BCUT2D eigenvalue weighted by Crippen LogP contribution is -1.89. The predicted octanol–water partition coefficient (Wildman–Crippen LogP) is 2.86. The lowest BCUT2D eigenvalue weighted by atomic mass is 10.0. The Balaban J connectivity index is 0.000000606. The second-order valence-electron chi connectivity index (χ2n) is 3.00. The molecule has 0 aliphatic rings. The summed E-state index contributed by atoms with van der Waals surface area (Å²) >= 11 is 0. The van der Waals surface area contributed by atoms with Crippen LogP contribution in [-0.4, -0.2) is 11.3 Å². The van der Waals surface area contributed by atoms with E-state index in [9.17, 15) is 5.11 Å². The van der Waals surface area contributed by atoms with Crippen molar-refractivity contribution in [1.29, 1.82) is 0 Å². The van der Waals surface area contributed by atoms with Gasteiger partial charge in [0.2, 0.25) is 0 Å². The SMILES string of the molecule is CC.N/N=C/c1c(O)ccc2ccccc12. The zero-order chi connectivity index (χ0) is 12.0. The van der Waals surface area contributed by atoms with Crippen LogP contribution in [0.5, 0.6) is 5.75 Å². The highest BCUT2D eigenvalue weighted by molar-refractivity contribution is 6.02. The third-order valence-electron chi connectivity index (χ3n) is 2.15. The minimum Gasteiger partial charge on any atom is -0.507 e. The molecule has 3 heteroatoms. The molecule has 0 aliphatic heterocycles. The van der Waals surface area contributed by atoms with Gasteiger partial charge in [0.25, 0.3) is 0 Å². The largest absolute Gasteiger partial charge is 0.507 e. The number of phenolic OH excluding ortho intramolecular Hbond substituents is 1. The fraction of sp³-hybridized carbons (Fsp3) is 0.154. The van der Waals surface area contributed by atoms with Crippen molar-refractivity contribution in [3.05, 3.63) is 42.0 Å². The van der Waals surface area contributed by atoms with Gasteiger partial charge < -0.3 is 10.9 Å². The van der Waals surface area contributed by atoms with Crippen molar-refractivity contribution in [2.45, 2.75) is 13.8 Å². The molecule has 0 saturated carbocycles. The lowest BCUT2D eigenvalue weighted by Gasteiger charge is -2.03. The summed E-state index contributed by atoms with van der Waals surface area (Å²) in [4.78, 5) is 0. The molecule has 2 aromatic rings. The van der Waals surface area contributed by atoms with Crippen molar-refractivity contribution in [3.8, 4) is 5.75 Å². The van der Waals surface area contributed by atoms with Gasteiger partial charge in [0.1, 0.15) is 5.75 Å². The molecule has 3 N–H and O–H groups in total. The Hall–Kier alpha value is -2.03. The van der Waals surface area contributed by atoms with Crippen LogP contribution in [0.25, 0.3) is 10.8 Å². The van der Waals surface area contributed by atoms with E-state index in [1.54, 1.807) is 6.07 Å². The van der Waals surface area contributed by atoms with Crippen LogP contribution in [-0.2, 0) is 0 Å². The van der Waals surface area contributed by atoms with Crippen LogP contribution in [0.3, 0.4) is 0 Å². The van der Waals surface area contributed by atoms with Crippen molar-refractivity contribution in [2.24, 2.45) is 10.9 Å². The normalized spacial score (nSPS) is 10.1. The van der Waals surface area contributed by atoms with Crippen LogP contribution in [0.15, 0.2) is 41.5 Å². The van der Waals surface area contributed by atoms with E-state index in [4.69, 9.17) is 5.84 Å². The van der Waals surface area contributed by atoms with E-state index >= 15 is 0 Å². The molecule has 0 saturated heterocycles. The van der Waals surface area contributed by atoms with Crippen LogP contribution in [0.2, 0.25) is 0 Å². The number of hydrazone groups is 1. The van der Waals surface area contributed by atoms with Crippen molar-refractivity contribution in [1.82, 2.24) is 0 Å². The Morgan fingerprint density at radius 2 is 1.81 bits per heavy atom. The Morgan fingerprint density at radius 1 is 1.12 bits per heavy atom. The summed E-state index contributed by atoms with van der Waals surface area (Å²) in [5.41, 5.74) is 0.658. The first-order valence-corrected chi connectivity index (χ1v) is 5.27. The first kappa shape index (κ1) is 12.0. The molecule has 2 rings (SSSR count). The Morgan fingerprint density at radius 3 is 2.50 bits per heavy atom. The standard InChI is InChI=1S/C11H10N2O.C2H6/c12-13-7-10-9-4-2-1-3-8(9)5-6-11(10)14;1-2/h1-7,14H,12H2;1-2H3/b13-7+;. The summed E-state index contributed by atoms with van der Waals surface area (Å²) in [5, 5.41) is 15.0. The molecule has 0 unspecified atom stereocenters. The fourth-order valence-electron chi connectivity index (χ4n) is 1.49. The molecule has 0 atom stereocenters. The average Bonchev–Trinajstić information content (AvgIpc) is 2.35. The van der Waals surface area contributed by atoms with Crippen LogP contribution in [0.1, 0.15) is 19.4 Å². The van der Waals surface area contributed by atoms with E-state index in [2.05, 4.69) is 5.10 Å². The van der Waals surface area contributed by atoms with Crippen LogP contribution >= 0.6 is 0 Å². The molecular weight excluding hydrogens is 200 g/mol. The highest BCUT2D eigenvalue weighted by atomic mass is 16.3. The number of phenols is 1. The number of rotatable bonds is 1.